The number of sulfone groups is 1. The highest BCUT2D eigenvalue weighted by Gasteiger charge is 2.28. The van der Waals surface area contributed by atoms with Gasteiger partial charge in [0.05, 0.1) is 17.2 Å². The molecule has 122 valence electrons. The molecule has 23 heavy (non-hydrogen) atoms. The molecule has 0 bridgehead atoms. The number of nitrogens with zero attached hydrogens (tertiary/aromatic N) is 2. The summed E-state index contributed by atoms with van der Waals surface area (Å²) in [6.07, 6.45) is 2.11. The van der Waals surface area contributed by atoms with Gasteiger partial charge in [0.25, 0.3) is 0 Å². The van der Waals surface area contributed by atoms with Gasteiger partial charge in [-0.2, -0.15) is 5.10 Å². The molecule has 1 aromatic heterocycles. The van der Waals surface area contributed by atoms with Crippen LogP contribution in [0.4, 0.5) is 4.39 Å². The molecule has 6 nitrogen and oxygen atoms in total. The lowest BCUT2D eigenvalue weighted by Crippen LogP contribution is -2.37. The number of carbonyl (C=O) groups excluding carboxylic acids is 1. The third kappa shape index (κ3) is 3.95. The highest BCUT2D eigenvalue weighted by Crippen LogP contribution is 2.17. The number of rotatable bonds is 4. The zero-order chi connectivity index (χ0) is 16.4. The molecule has 1 fully saturated rings. The number of halogens is 1. The van der Waals surface area contributed by atoms with Gasteiger partial charge in [-0.05, 0) is 36.8 Å². The summed E-state index contributed by atoms with van der Waals surface area (Å²) in [6.45, 7) is 0.0116. The Labute approximate surface area is 133 Å². The highest BCUT2D eigenvalue weighted by atomic mass is 32.2. The lowest BCUT2D eigenvalue weighted by molar-refractivity contribution is -0.122. The number of hydrogen-bond donors (Lipinski definition) is 1. The van der Waals surface area contributed by atoms with E-state index in [-0.39, 0.29) is 35.8 Å². The maximum atomic E-state index is 12.9. The number of hydrogen-bond acceptors (Lipinski definition) is 4. The van der Waals surface area contributed by atoms with E-state index in [2.05, 4.69) is 10.4 Å². The van der Waals surface area contributed by atoms with Gasteiger partial charge in [0, 0.05) is 17.8 Å². The van der Waals surface area contributed by atoms with Crippen molar-refractivity contribution in [1.82, 2.24) is 15.1 Å². The standard InChI is InChI=1S/C15H16FN3O3S/c16-12-3-1-11(2-4-12)14-5-7-19(18-14)9-15(20)17-13-6-8-23(21,22)10-13/h1-5,7,13H,6,8-10H2,(H,17,20). The van der Waals surface area contributed by atoms with Crippen molar-refractivity contribution in [3.63, 3.8) is 0 Å². The van der Waals surface area contributed by atoms with E-state index in [0.29, 0.717) is 12.1 Å². The fourth-order valence-corrected chi connectivity index (χ4v) is 4.23. The average molecular weight is 337 g/mol. The maximum Gasteiger partial charge on any atom is 0.241 e. The van der Waals surface area contributed by atoms with E-state index in [1.807, 2.05) is 0 Å². The van der Waals surface area contributed by atoms with E-state index in [4.69, 9.17) is 0 Å². The number of carbonyl (C=O) groups is 1. The number of benzene rings is 1. The van der Waals surface area contributed by atoms with Crippen LogP contribution in [0.2, 0.25) is 0 Å². The van der Waals surface area contributed by atoms with Crippen LogP contribution >= 0.6 is 0 Å². The van der Waals surface area contributed by atoms with Crippen molar-refractivity contribution in [1.29, 1.82) is 0 Å². The topological polar surface area (TPSA) is 81.1 Å². The molecule has 1 atom stereocenters. The van der Waals surface area contributed by atoms with Gasteiger partial charge in [0.1, 0.15) is 12.4 Å². The largest absolute Gasteiger partial charge is 0.351 e. The highest BCUT2D eigenvalue weighted by molar-refractivity contribution is 7.91. The molecule has 3 rings (SSSR count). The van der Waals surface area contributed by atoms with Crippen molar-refractivity contribution in [3.8, 4) is 11.3 Å². The van der Waals surface area contributed by atoms with Crippen LogP contribution in [0, 0.1) is 5.82 Å². The van der Waals surface area contributed by atoms with Crippen LogP contribution in [-0.4, -0.2) is 41.7 Å². The molecule has 1 N–H and O–H groups in total. The Morgan fingerprint density at radius 2 is 2.04 bits per heavy atom. The molecule has 1 saturated heterocycles. The van der Waals surface area contributed by atoms with E-state index >= 15 is 0 Å². The second kappa shape index (κ2) is 6.11. The molecule has 1 aliphatic heterocycles. The summed E-state index contributed by atoms with van der Waals surface area (Å²) in [5.41, 5.74) is 1.40. The molecule has 2 aromatic rings. The molecule has 2 heterocycles. The Morgan fingerprint density at radius 1 is 1.30 bits per heavy atom. The summed E-state index contributed by atoms with van der Waals surface area (Å²) in [5, 5.41) is 6.98. The first-order chi connectivity index (χ1) is 10.9. The van der Waals surface area contributed by atoms with Crippen LogP contribution in [0.15, 0.2) is 36.5 Å². The zero-order valence-corrected chi connectivity index (χ0v) is 13.1. The Kier molecular flexibility index (Phi) is 4.16. The Morgan fingerprint density at radius 3 is 2.70 bits per heavy atom. The molecule has 8 heteroatoms. The lowest BCUT2D eigenvalue weighted by Gasteiger charge is -2.10. The van der Waals surface area contributed by atoms with Gasteiger partial charge in [-0.1, -0.05) is 0 Å². The number of nitrogens with one attached hydrogen (secondary N) is 1. The van der Waals surface area contributed by atoms with Gasteiger partial charge in [-0.3, -0.25) is 9.48 Å². The molecule has 0 spiro atoms. The van der Waals surface area contributed by atoms with Gasteiger partial charge < -0.3 is 5.32 Å². The van der Waals surface area contributed by atoms with E-state index in [1.54, 1.807) is 24.4 Å². The van der Waals surface area contributed by atoms with Crippen LogP contribution in [0.1, 0.15) is 6.42 Å². The molecular formula is C15H16FN3O3S. The van der Waals surface area contributed by atoms with Crippen molar-refractivity contribution in [2.24, 2.45) is 0 Å². The predicted octanol–water partition coefficient (Wildman–Crippen LogP) is 0.992. The van der Waals surface area contributed by atoms with Gasteiger partial charge in [-0.25, -0.2) is 12.8 Å². The fraction of sp³-hybridized carbons (Fsp3) is 0.333. The van der Waals surface area contributed by atoms with E-state index < -0.39 is 9.84 Å². The minimum Gasteiger partial charge on any atom is -0.351 e. The summed E-state index contributed by atoms with van der Waals surface area (Å²) in [4.78, 5) is 12.0. The average Bonchev–Trinajstić information content (AvgIpc) is 3.06. The normalized spacial score (nSPS) is 19.6. The summed E-state index contributed by atoms with van der Waals surface area (Å²) >= 11 is 0. The van der Waals surface area contributed by atoms with Crippen LogP contribution in [0.25, 0.3) is 11.3 Å². The Balaban J connectivity index is 1.60. The van der Waals surface area contributed by atoms with Crippen molar-refractivity contribution in [2.75, 3.05) is 11.5 Å². The predicted molar refractivity (Wildman–Crippen MR) is 82.8 cm³/mol. The summed E-state index contributed by atoms with van der Waals surface area (Å²) in [5.74, 6) is -0.479. The quantitative estimate of drug-likeness (QED) is 0.902. The minimum absolute atomic E-state index is 0.00131. The Bertz CT molecular complexity index is 815. The maximum absolute atomic E-state index is 12.9. The summed E-state index contributed by atoms with van der Waals surface area (Å²) < 4.78 is 37.1. The van der Waals surface area contributed by atoms with Crippen LogP contribution in [0.5, 0.6) is 0 Å². The second-order valence-corrected chi connectivity index (χ2v) is 7.80. The molecule has 1 unspecified atom stereocenters. The first-order valence-electron chi connectivity index (χ1n) is 7.20. The zero-order valence-electron chi connectivity index (χ0n) is 12.3. The molecule has 0 saturated carbocycles. The van der Waals surface area contributed by atoms with Crippen LogP contribution in [0.3, 0.4) is 0 Å². The van der Waals surface area contributed by atoms with E-state index in [1.165, 1.54) is 16.8 Å². The summed E-state index contributed by atoms with van der Waals surface area (Å²) in [6, 6.07) is 7.35. The fourth-order valence-electron chi connectivity index (χ4n) is 2.55. The first kappa shape index (κ1) is 15.7. The number of amides is 1. The van der Waals surface area contributed by atoms with Crippen molar-refractivity contribution >= 4 is 15.7 Å². The minimum atomic E-state index is -3.02. The third-order valence-corrected chi connectivity index (χ3v) is 5.45. The van der Waals surface area contributed by atoms with Crippen molar-refractivity contribution in [2.45, 2.75) is 19.0 Å². The van der Waals surface area contributed by atoms with E-state index in [0.717, 1.165) is 5.56 Å². The molecule has 1 amide bonds. The molecule has 1 aliphatic rings. The van der Waals surface area contributed by atoms with Crippen LogP contribution < -0.4 is 5.32 Å². The van der Waals surface area contributed by atoms with Gasteiger partial charge in [0.15, 0.2) is 9.84 Å². The lowest BCUT2D eigenvalue weighted by atomic mass is 10.1. The monoisotopic (exact) mass is 337 g/mol. The number of aromatic nitrogens is 2. The smallest absolute Gasteiger partial charge is 0.241 e. The van der Waals surface area contributed by atoms with Gasteiger partial charge >= 0.3 is 0 Å². The van der Waals surface area contributed by atoms with Crippen LogP contribution in [-0.2, 0) is 21.2 Å². The van der Waals surface area contributed by atoms with Gasteiger partial charge in [0.2, 0.25) is 5.91 Å². The van der Waals surface area contributed by atoms with Crippen molar-refractivity contribution in [3.05, 3.63) is 42.3 Å². The SMILES string of the molecule is O=C(Cn1ccc(-c2ccc(F)cc2)n1)NC1CCS(=O)(=O)C1. The Hall–Kier alpha value is -2.22. The van der Waals surface area contributed by atoms with Gasteiger partial charge in [-0.15, -0.1) is 0 Å². The van der Waals surface area contributed by atoms with E-state index in [9.17, 15) is 17.6 Å². The molecule has 0 radical (unpaired) electrons. The molecule has 0 aliphatic carbocycles. The van der Waals surface area contributed by atoms with Crippen molar-refractivity contribution < 1.29 is 17.6 Å². The first-order valence-corrected chi connectivity index (χ1v) is 9.03. The molecular weight excluding hydrogens is 321 g/mol. The summed E-state index contributed by atoms with van der Waals surface area (Å²) in [7, 11) is -3.02. The molecule has 1 aromatic carbocycles. The third-order valence-electron chi connectivity index (χ3n) is 3.68. The second-order valence-electron chi connectivity index (χ2n) is 5.57.